The number of benzene rings is 1. The summed E-state index contributed by atoms with van der Waals surface area (Å²) in [5.74, 6) is 0.748. The molecule has 0 N–H and O–H groups in total. The lowest BCUT2D eigenvalue weighted by Gasteiger charge is -1.99. The molecular weight excluding hydrogens is 262 g/mol. The molecular formula is C14H11NO5. The van der Waals surface area contributed by atoms with E-state index in [1.54, 1.807) is 30.4 Å². The first-order valence-electron chi connectivity index (χ1n) is 5.70. The Hall–Kier alpha value is -2.89. The maximum absolute atomic E-state index is 11.2. The molecule has 0 aliphatic heterocycles. The van der Waals surface area contributed by atoms with Crippen LogP contribution in [0.1, 0.15) is 11.3 Å². The maximum Gasteiger partial charge on any atom is 0.339 e. The van der Waals surface area contributed by atoms with E-state index in [2.05, 4.69) is 0 Å². The largest absolute Gasteiger partial charge is 0.496 e. The van der Waals surface area contributed by atoms with E-state index in [9.17, 15) is 14.9 Å². The highest BCUT2D eigenvalue weighted by molar-refractivity contribution is 5.68. The Balaban J connectivity index is 2.22. The van der Waals surface area contributed by atoms with E-state index in [-0.39, 0.29) is 5.69 Å². The number of methoxy groups -OCH3 is 1. The average molecular weight is 273 g/mol. The van der Waals surface area contributed by atoms with Gasteiger partial charge in [0.15, 0.2) is 0 Å². The van der Waals surface area contributed by atoms with Crippen molar-refractivity contribution in [3.05, 3.63) is 68.3 Å². The van der Waals surface area contributed by atoms with Crippen molar-refractivity contribution in [3.8, 4) is 5.75 Å². The van der Waals surface area contributed by atoms with Crippen LogP contribution in [0.15, 0.2) is 45.6 Å². The minimum absolute atomic E-state index is 0.0232. The Morgan fingerprint density at radius 1 is 1.20 bits per heavy atom. The van der Waals surface area contributed by atoms with Crippen LogP contribution in [0, 0.1) is 10.1 Å². The zero-order valence-electron chi connectivity index (χ0n) is 10.6. The van der Waals surface area contributed by atoms with Gasteiger partial charge in [0, 0.05) is 18.2 Å². The maximum atomic E-state index is 11.2. The highest BCUT2D eigenvalue weighted by atomic mass is 16.6. The summed E-state index contributed by atoms with van der Waals surface area (Å²) in [5, 5.41) is 10.5. The monoisotopic (exact) mass is 273 g/mol. The Bertz CT molecular complexity index is 700. The number of nitrogens with zero attached hydrogens (tertiary/aromatic N) is 1. The number of nitro benzene ring substituents is 1. The molecule has 102 valence electrons. The van der Waals surface area contributed by atoms with Crippen molar-refractivity contribution in [1.29, 1.82) is 0 Å². The molecule has 1 heterocycles. The zero-order valence-corrected chi connectivity index (χ0v) is 10.6. The number of nitro groups is 1. The fourth-order valence-electron chi connectivity index (χ4n) is 1.56. The quantitative estimate of drug-likeness (QED) is 0.631. The second-order valence-corrected chi connectivity index (χ2v) is 3.90. The SMILES string of the molecule is COc1cc(C=Cc2ccc([N+](=O)[O-])cc2)oc(=O)c1. The highest BCUT2D eigenvalue weighted by Crippen LogP contribution is 2.15. The fourth-order valence-corrected chi connectivity index (χ4v) is 1.56. The van der Waals surface area contributed by atoms with Crippen molar-refractivity contribution >= 4 is 17.8 Å². The molecule has 0 saturated carbocycles. The number of hydrogen-bond donors (Lipinski definition) is 0. The Morgan fingerprint density at radius 3 is 2.50 bits per heavy atom. The van der Waals surface area contributed by atoms with Crippen molar-refractivity contribution in [2.45, 2.75) is 0 Å². The fraction of sp³-hybridized carbons (Fsp3) is 0.0714. The minimum Gasteiger partial charge on any atom is -0.496 e. The third kappa shape index (κ3) is 3.32. The lowest BCUT2D eigenvalue weighted by molar-refractivity contribution is -0.384. The van der Waals surface area contributed by atoms with Crippen molar-refractivity contribution < 1.29 is 14.1 Å². The average Bonchev–Trinajstić information content (AvgIpc) is 2.45. The van der Waals surface area contributed by atoms with Crippen molar-refractivity contribution in [2.75, 3.05) is 7.11 Å². The molecule has 6 heteroatoms. The van der Waals surface area contributed by atoms with Gasteiger partial charge in [-0.05, 0) is 23.8 Å². The Kier molecular flexibility index (Phi) is 3.95. The molecule has 0 aliphatic rings. The standard InChI is InChI=1S/C14H11NO5/c1-19-13-8-12(20-14(16)9-13)7-4-10-2-5-11(6-3-10)15(17)18/h2-9H,1H3. The van der Waals surface area contributed by atoms with Gasteiger partial charge >= 0.3 is 5.63 Å². The van der Waals surface area contributed by atoms with Crippen LogP contribution in [-0.2, 0) is 0 Å². The van der Waals surface area contributed by atoms with Gasteiger partial charge in [-0.1, -0.05) is 6.08 Å². The van der Waals surface area contributed by atoms with Crippen LogP contribution < -0.4 is 10.4 Å². The van der Waals surface area contributed by atoms with E-state index < -0.39 is 10.5 Å². The first-order chi connectivity index (χ1) is 9.58. The molecule has 0 spiro atoms. The number of rotatable bonds is 4. The van der Waals surface area contributed by atoms with Gasteiger partial charge < -0.3 is 9.15 Å². The lowest BCUT2D eigenvalue weighted by atomic mass is 10.2. The van der Waals surface area contributed by atoms with Crippen LogP contribution >= 0.6 is 0 Å². The molecule has 1 aromatic carbocycles. The normalized spacial score (nSPS) is 10.7. The van der Waals surface area contributed by atoms with Gasteiger partial charge in [-0.25, -0.2) is 4.79 Å². The van der Waals surface area contributed by atoms with E-state index in [1.165, 1.54) is 25.3 Å². The van der Waals surface area contributed by atoms with Gasteiger partial charge in [-0.2, -0.15) is 0 Å². The second-order valence-electron chi connectivity index (χ2n) is 3.90. The summed E-state index contributed by atoms with van der Waals surface area (Å²) < 4.78 is 9.93. The van der Waals surface area contributed by atoms with Crippen molar-refractivity contribution in [3.63, 3.8) is 0 Å². The van der Waals surface area contributed by atoms with Gasteiger partial charge in [0.2, 0.25) is 0 Å². The van der Waals surface area contributed by atoms with E-state index >= 15 is 0 Å². The molecule has 2 rings (SSSR count). The second kappa shape index (κ2) is 5.83. The third-order valence-corrected chi connectivity index (χ3v) is 2.54. The molecule has 0 radical (unpaired) electrons. The molecule has 0 aliphatic carbocycles. The summed E-state index contributed by atoms with van der Waals surface area (Å²) in [4.78, 5) is 21.3. The van der Waals surface area contributed by atoms with Gasteiger partial charge in [0.1, 0.15) is 11.5 Å². The lowest BCUT2D eigenvalue weighted by Crippen LogP contribution is -1.98. The van der Waals surface area contributed by atoms with E-state index in [1.807, 2.05) is 0 Å². The minimum atomic E-state index is -0.507. The van der Waals surface area contributed by atoms with Crippen LogP contribution in [0.5, 0.6) is 5.75 Å². The van der Waals surface area contributed by atoms with E-state index in [4.69, 9.17) is 9.15 Å². The summed E-state index contributed by atoms with van der Waals surface area (Å²) >= 11 is 0. The summed E-state index contributed by atoms with van der Waals surface area (Å²) in [6.07, 6.45) is 3.27. The molecule has 1 aromatic heterocycles. The van der Waals surface area contributed by atoms with Crippen LogP contribution in [0.25, 0.3) is 12.2 Å². The molecule has 0 fully saturated rings. The first kappa shape index (κ1) is 13.5. The summed E-state index contributed by atoms with van der Waals surface area (Å²) in [5.41, 5.74) is 0.267. The smallest absolute Gasteiger partial charge is 0.339 e. The molecule has 0 amide bonds. The Labute approximate surface area is 114 Å². The van der Waals surface area contributed by atoms with E-state index in [0.29, 0.717) is 11.5 Å². The Morgan fingerprint density at radius 2 is 1.90 bits per heavy atom. The summed E-state index contributed by atoms with van der Waals surface area (Å²) in [7, 11) is 1.46. The number of hydrogen-bond acceptors (Lipinski definition) is 5. The molecule has 0 saturated heterocycles. The van der Waals surface area contributed by atoms with Gasteiger partial charge in [-0.3, -0.25) is 10.1 Å². The number of non-ortho nitro benzene ring substituents is 1. The van der Waals surface area contributed by atoms with Crippen LogP contribution in [-0.4, -0.2) is 12.0 Å². The first-order valence-corrected chi connectivity index (χ1v) is 5.70. The molecule has 2 aromatic rings. The predicted molar refractivity (Wildman–Crippen MR) is 73.6 cm³/mol. The molecule has 20 heavy (non-hydrogen) atoms. The molecule has 0 bridgehead atoms. The number of ether oxygens (including phenoxy) is 1. The molecule has 0 unspecified atom stereocenters. The summed E-state index contributed by atoms with van der Waals surface area (Å²) in [6, 6.07) is 8.83. The highest BCUT2D eigenvalue weighted by Gasteiger charge is 2.03. The van der Waals surface area contributed by atoms with Gasteiger partial charge in [0.25, 0.3) is 5.69 Å². The van der Waals surface area contributed by atoms with Gasteiger partial charge in [-0.15, -0.1) is 0 Å². The topological polar surface area (TPSA) is 82.6 Å². The molecule has 6 nitrogen and oxygen atoms in total. The zero-order chi connectivity index (χ0) is 14.5. The van der Waals surface area contributed by atoms with Gasteiger partial charge in [0.05, 0.1) is 18.1 Å². The van der Waals surface area contributed by atoms with Crippen molar-refractivity contribution in [2.24, 2.45) is 0 Å². The van der Waals surface area contributed by atoms with Crippen LogP contribution in [0.3, 0.4) is 0 Å². The molecule has 0 atom stereocenters. The van der Waals surface area contributed by atoms with E-state index in [0.717, 1.165) is 5.56 Å². The summed E-state index contributed by atoms with van der Waals surface area (Å²) in [6.45, 7) is 0. The van der Waals surface area contributed by atoms with Crippen LogP contribution in [0.2, 0.25) is 0 Å². The predicted octanol–water partition coefficient (Wildman–Crippen LogP) is 2.73. The van der Waals surface area contributed by atoms with Crippen molar-refractivity contribution in [1.82, 2.24) is 0 Å². The van der Waals surface area contributed by atoms with Crippen LogP contribution in [0.4, 0.5) is 5.69 Å². The third-order valence-electron chi connectivity index (χ3n) is 2.54.